The van der Waals surface area contributed by atoms with E-state index >= 15 is 0 Å². The molecule has 3 saturated heterocycles. The molecule has 0 unspecified atom stereocenters. The van der Waals surface area contributed by atoms with Crippen LogP contribution >= 0.6 is 0 Å². The molecule has 0 aliphatic carbocycles. The van der Waals surface area contributed by atoms with Gasteiger partial charge in [-0.05, 0) is 61.6 Å². The van der Waals surface area contributed by atoms with Crippen LogP contribution in [-0.4, -0.2) is 81.8 Å². The average molecular weight is 620 g/mol. The zero-order valence-corrected chi connectivity index (χ0v) is 27.5. The lowest BCUT2D eigenvalue weighted by Crippen LogP contribution is -2.52. The number of methoxy groups -OCH3 is 1. The predicted molar refractivity (Wildman–Crippen MR) is 172 cm³/mol. The van der Waals surface area contributed by atoms with Crippen LogP contribution in [0.3, 0.4) is 0 Å². The van der Waals surface area contributed by atoms with Crippen LogP contribution in [0.5, 0.6) is 5.75 Å². The predicted octanol–water partition coefficient (Wildman–Crippen LogP) is 3.78. The largest absolute Gasteiger partial charge is 0.497 e. The first-order chi connectivity index (χ1) is 21.0. The number of likely N-dealkylation sites (N-methyl/N-ethyl adjacent to an activating group) is 1. The highest BCUT2D eigenvalue weighted by atomic mass is 28.3. The molecule has 3 fully saturated rings. The number of anilines is 2. The van der Waals surface area contributed by atoms with Gasteiger partial charge in [-0.3, -0.25) is 14.4 Å². The maximum Gasteiger partial charge on any atom is 0.264 e. The summed E-state index contributed by atoms with van der Waals surface area (Å²) in [6.07, 6.45) is 3.67. The molecule has 1 spiro atoms. The summed E-state index contributed by atoms with van der Waals surface area (Å²) in [6.45, 7) is 7.94. The summed E-state index contributed by atoms with van der Waals surface area (Å²) in [5, 5.41) is 11.2. The number of aliphatic hydroxyl groups excluding tert-OH is 1. The van der Waals surface area contributed by atoms with Gasteiger partial charge in [-0.1, -0.05) is 37.3 Å². The van der Waals surface area contributed by atoms with Crippen LogP contribution in [0.25, 0.3) is 0 Å². The van der Waals surface area contributed by atoms with Gasteiger partial charge in [0.1, 0.15) is 5.75 Å². The molecule has 4 heterocycles. The Morgan fingerprint density at radius 3 is 2.52 bits per heavy atom. The maximum absolute atomic E-state index is 14.4. The number of amides is 3. The molecule has 2 aromatic carbocycles. The van der Waals surface area contributed by atoms with Crippen LogP contribution in [0.15, 0.2) is 42.5 Å². The van der Waals surface area contributed by atoms with Crippen molar-refractivity contribution in [2.75, 3.05) is 43.7 Å². The summed E-state index contributed by atoms with van der Waals surface area (Å²) in [5.41, 5.74) is 1.01. The topological polar surface area (TPSA) is 99.6 Å². The highest BCUT2D eigenvalue weighted by Crippen LogP contribution is 2.60. The van der Waals surface area contributed by atoms with Gasteiger partial charge in [0.2, 0.25) is 11.8 Å². The number of hydrogen-bond acceptors (Lipinski definition) is 6. The minimum Gasteiger partial charge on any atom is -0.497 e. The standard InChI is InChI=1S/C34H45N3O6Si/c1-22-32(44(4,5)26-14-12-25(42-3)13-15-26)29(20-31(40)37-18-8-9-24(37)21-38)43-34(22)27-19-23(36-17-7-6-10-30(36)39)11-16-28(27)35(2)33(34)41/h11-16,19,22,24,29,32,38H,6-10,17-18,20-21H2,1-5H3/t22-,24+,29+,32-,34+/m1/s1. The molecule has 2 aromatic rings. The summed E-state index contributed by atoms with van der Waals surface area (Å²) in [4.78, 5) is 46.5. The molecule has 44 heavy (non-hydrogen) atoms. The number of carbonyl (C=O) groups is 3. The summed E-state index contributed by atoms with van der Waals surface area (Å²) in [7, 11) is 1.04. The number of carbonyl (C=O) groups excluding carboxylic acids is 3. The monoisotopic (exact) mass is 619 g/mol. The smallest absolute Gasteiger partial charge is 0.264 e. The highest BCUT2D eigenvalue weighted by molar-refractivity contribution is 6.91. The van der Waals surface area contributed by atoms with E-state index in [2.05, 4.69) is 32.2 Å². The van der Waals surface area contributed by atoms with E-state index in [0.717, 1.165) is 48.4 Å². The van der Waals surface area contributed by atoms with Crippen molar-refractivity contribution in [2.45, 2.75) is 81.8 Å². The Balaban J connectivity index is 1.44. The van der Waals surface area contributed by atoms with E-state index < -0.39 is 19.8 Å². The number of rotatable bonds is 7. The van der Waals surface area contributed by atoms with Crippen molar-refractivity contribution < 1.29 is 29.0 Å². The van der Waals surface area contributed by atoms with E-state index in [0.29, 0.717) is 19.5 Å². The fourth-order valence-corrected chi connectivity index (χ4v) is 12.5. The fourth-order valence-electron chi connectivity index (χ4n) is 8.50. The van der Waals surface area contributed by atoms with Crippen LogP contribution in [0.2, 0.25) is 18.6 Å². The van der Waals surface area contributed by atoms with Gasteiger partial charge in [-0.2, -0.15) is 0 Å². The van der Waals surface area contributed by atoms with Crippen molar-refractivity contribution in [2.24, 2.45) is 5.92 Å². The Bertz CT molecular complexity index is 1450. The van der Waals surface area contributed by atoms with Crippen molar-refractivity contribution in [3.8, 4) is 5.75 Å². The Kier molecular flexibility index (Phi) is 8.13. The first kappa shape index (κ1) is 30.8. The highest BCUT2D eigenvalue weighted by Gasteiger charge is 2.66. The molecule has 0 bridgehead atoms. The van der Waals surface area contributed by atoms with Crippen molar-refractivity contribution in [3.63, 3.8) is 0 Å². The third kappa shape index (κ3) is 4.77. The average Bonchev–Trinajstić information content (AvgIpc) is 3.68. The molecular weight excluding hydrogens is 574 g/mol. The minimum atomic E-state index is -2.40. The Labute approximate surface area is 261 Å². The van der Waals surface area contributed by atoms with E-state index in [1.54, 1.807) is 24.0 Å². The van der Waals surface area contributed by atoms with E-state index in [-0.39, 0.29) is 48.3 Å². The SMILES string of the molecule is COc1ccc([Si](C)(C)[C@H]2[C@H](CC(=O)N3CCC[C@H]3CO)O[C@@]3(C(=O)N(C)c4ccc(N5CCCCC5=O)cc43)[C@@H]2C)cc1. The first-order valence-corrected chi connectivity index (χ1v) is 19.1. The lowest BCUT2D eigenvalue weighted by molar-refractivity contribution is -0.149. The minimum absolute atomic E-state index is 0.0352. The second-order valence-corrected chi connectivity index (χ2v) is 18.2. The molecular formula is C34H45N3O6Si. The quantitative estimate of drug-likeness (QED) is 0.474. The second kappa shape index (κ2) is 11.6. The third-order valence-electron chi connectivity index (χ3n) is 10.9. The third-order valence-corrected chi connectivity index (χ3v) is 15.2. The zero-order chi connectivity index (χ0) is 31.4. The molecule has 4 aliphatic rings. The molecule has 0 radical (unpaired) electrons. The Morgan fingerprint density at radius 1 is 1.09 bits per heavy atom. The van der Waals surface area contributed by atoms with E-state index in [9.17, 15) is 19.5 Å². The maximum atomic E-state index is 14.4. The van der Waals surface area contributed by atoms with Gasteiger partial charge in [0.15, 0.2) is 5.60 Å². The number of nitrogens with zero attached hydrogens (tertiary/aromatic N) is 3. The van der Waals surface area contributed by atoms with Crippen LogP contribution in [0.4, 0.5) is 11.4 Å². The van der Waals surface area contributed by atoms with Gasteiger partial charge in [-0.15, -0.1) is 0 Å². The van der Waals surface area contributed by atoms with E-state index in [1.165, 1.54) is 5.19 Å². The van der Waals surface area contributed by atoms with Gasteiger partial charge in [0, 0.05) is 43.7 Å². The van der Waals surface area contributed by atoms with Gasteiger partial charge < -0.3 is 29.3 Å². The lowest BCUT2D eigenvalue weighted by Gasteiger charge is -2.37. The number of ether oxygens (including phenoxy) is 2. The van der Waals surface area contributed by atoms with Crippen molar-refractivity contribution >= 4 is 42.4 Å². The zero-order valence-electron chi connectivity index (χ0n) is 26.5. The molecule has 5 atom stereocenters. The van der Waals surface area contributed by atoms with Crippen molar-refractivity contribution in [3.05, 3.63) is 48.0 Å². The molecule has 9 nitrogen and oxygen atoms in total. The molecule has 6 rings (SSSR count). The lowest BCUT2D eigenvalue weighted by atomic mass is 9.82. The van der Waals surface area contributed by atoms with Gasteiger partial charge in [-0.25, -0.2) is 0 Å². The normalized spacial score (nSPS) is 28.7. The number of aliphatic hydroxyl groups is 1. The van der Waals surface area contributed by atoms with Crippen molar-refractivity contribution in [1.29, 1.82) is 0 Å². The van der Waals surface area contributed by atoms with E-state index in [4.69, 9.17) is 9.47 Å². The molecule has 0 saturated carbocycles. The van der Waals surface area contributed by atoms with Crippen LogP contribution in [-0.2, 0) is 24.7 Å². The number of benzene rings is 2. The fraction of sp³-hybridized carbons (Fsp3) is 0.559. The second-order valence-electron chi connectivity index (χ2n) is 13.5. The number of piperidine rings is 1. The van der Waals surface area contributed by atoms with Crippen molar-refractivity contribution in [1.82, 2.24) is 4.90 Å². The summed E-state index contributed by atoms with van der Waals surface area (Å²) < 4.78 is 12.5. The Morgan fingerprint density at radius 2 is 1.84 bits per heavy atom. The summed E-state index contributed by atoms with van der Waals surface area (Å²) in [5.74, 6) is 0.479. The van der Waals surface area contributed by atoms with Gasteiger partial charge in [0.25, 0.3) is 5.91 Å². The van der Waals surface area contributed by atoms with Gasteiger partial charge >= 0.3 is 0 Å². The summed E-state index contributed by atoms with van der Waals surface area (Å²) in [6, 6.07) is 13.9. The summed E-state index contributed by atoms with van der Waals surface area (Å²) >= 11 is 0. The van der Waals surface area contributed by atoms with E-state index in [1.807, 2.05) is 35.2 Å². The van der Waals surface area contributed by atoms with Gasteiger partial charge in [0.05, 0.1) is 46.0 Å². The van der Waals surface area contributed by atoms with Crippen LogP contribution < -0.4 is 19.7 Å². The van der Waals surface area contributed by atoms with Crippen LogP contribution in [0.1, 0.15) is 51.0 Å². The number of fused-ring (bicyclic) bond motifs is 2. The Hall–Kier alpha value is -3.21. The van der Waals surface area contributed by atoms with Crippen LogP contribution in [0, 0.1) is 5.92 Å². The molecule has 0 aromatic heterocycles. The number of likely N-dealkylation sites (tertiary alicyclic amines) is 1. The first-order valence-electron chi connectivity index (χ1n) is 16.0. The molecule has 1 N–H and O–H groups in total. The molecule has 4 aliphatic heterocycles. The molecule has 10 heteroatoms. The number of hydrogen-bond donors (Lipinski definition) is 1. The molecule has 3 amide bonds. The molecule has 236 valence electrons.